The van der Waals surface area contributed by atoms with Crippen molar-refractivity contribution in [3.05, 3.63) is 83.4 Å². The third kappa shape index (κ3) is 4.22. The molecule has 168 valence electrons. The van der Waals surface area contributed by atoms with Crippen LogP contribution in [0.5, 0.6) is 11.5 Å². The van der Waals surface area contributed by atoms with E-state index in [1.165, 1.54) is 29.2 Å². The summed E-state index contributed by atoms with van der Waals surface area (Å²) in [4.78, 5) is 12.8. The summed E-state index contributed by atoms with van der Waals surface area (Å²) in [6.45, 7) is 5.22. The van der Waals surface area contributed by atoms with Crippen molar-refractivity contribution in [2.45, 2.75) is 13.0 Å². The molecule has 6 nitrogen and oxygen atoms in total. The van der Waals surface area contributed by atoms with Crippen LogP contribution in [0.3, 0.4) is 0 Å². The van der Waals surface area contributed by atoms with Crippen molar-refractivity contribution in [1.29, 1.82) is 0 Å². The van der Waals surface area contributed by atoms with Crippen molar-refractivity contribution in [2.24, 2.45) is 5.10 Å². The number of quaternary nitrogens is 1. The Hall–Kier alpha value is -3.64. The molecule has 0 unspecified atom stereocenters. The average Bonchev–Trinajstić information content (AvgIpc) is 3.18. The summed E-state index contributed by atoms with van der Waals surface area (Å²) in [7, 11) is 1.56. The fraction of sp³-hybridized carbons (Fsp3) is 0.259. The Labute approximate surface area is 194 Å². The minimum atomic E-state index is -0.373. The van der Waals surface area contributed by atoms with Gasteiger partial charge >= 0.3 is 5.97 Å². The maximum Gasteiger partial charge on any atom is 0.308 e. The van der Waals surface area contributed by atoms with Crippen LogP contribution in [0.1, 0.15) is 29.7 Å². The Morgan fingerprint density at radius 2 is 1.61 bits per heavy atom. The van der Waals surface area contributed by atoms with Crippen LogP contribution in [0.25, 0.3) is 11.1 Å². The number of hydrogen-bond donors (Lipinski definition) is 1. The van der Waals surface area contributed by atoms with Gasteiger partial charge in [0.2, 0.25) is 0 Å². The first-order valence-corrected chi connectivity index (χ1v) is 11.3. The zero-order valence-electron chi connectivity index (χ0n) is 19.0. The summed E-state index contributed by atoms with van der Waals surface area (Å²) in [6.07, 6.45) is 1.84. The van der Waals surface area contributed by atoms with Crippen LogP contribution in [0.2, 0.25) is 0 Å². The largest absolute Gasteiger partial charge is 0.493 e. The number of methoxy groups -OCH3 is 1. The molecule has 0 amide bonds. The lowest BCUT2D eigenvalue weighted by molar-refractivity contribution is -0.929. The van der Waals surface area contributed by atoms with E-state index in [1.807, 2.05) is 18.3 Å². The van der Waals surface area contributed by atoms with Gasteiger partial charge in [-0.05, 0) is 34.9 Å². The number of benzene rings is 3. The number of piperazine rings is 1. The molecule has 5 rings (SSSR count). The van der Waals surface area contributed by atoms with Crippen LogP contribution in [-0.2, 0) is 4.79 Å². The molecule has 1 saturated heterocycles. The number of rotatable bonds is 5. The number of esters is 1. The monoisotopic (exact) mass is 442 g/mol. The van der Waals surface area contributed by atoms with Gasteiger partial charge in [-0.3, -0.25) is 9.80 Å². The number of ether oxygens (including phenoxy) is 2. The SMILES string of the molecule is COc1cc(/C=N\N2CC[NH+](C3c4ccccc4-c4ccccc43)CC2)ccc1OC(C)=O. The third-order valence-corrected chi connectivity index (χ3v) is 6.44. The summed E-state index contributed by atoms with van der Waals surface area (Å²) in [6, 6.07) is 23.5. The molecule has 33 heavy (non-hydrogen) atoms. The minimum Gasteiger partial charge on any atom is -0.493 e. The number of carbonyl (C=O) groups is 1. The first-order valence-electron chi connectivity index (χ1n) is 11.3. The van der Waals surface area contributed by atoms with Gasteiger partial charge in [0.15, 0.2) is 11.5 Å². The highest BCUT2D eigenvalue weighted by Crippen LogP contribution is 2.41. The van der Waals surface area contributed by atoms with Crippen molar-refractivity contribution >= 4 is 12.2 Å². The van der Waals surface area contributed by atoms with Crippen LogP contribution in [-0.4, -0.2) is 50.5 Å². The lowest BCUT2D eigenvalue weighted by Gasteiger charge is -2.34. The molecule has 1 heterocycles. The molecule has 6 heteroatoms. The van der Waals surface area contributed by atoms with E-state index in [2.05, 4.69) is 53.5 Å². The lowest BCUT2D eigenvalue weighted by Crippen LogP contribution is -3.14. The highest BCUT2D eigenvalue weighted by molar-refractivity contribution is 5.81. The van der Waals surface area contributed by atoms with E-state index in [0.29, 0.717) is 17.5 Å². The van der Waals surface area contributed by atoms with Crippen molar-refractivity contribution in [3.8, 4) is 22.6 Å². The first kappa shape index (κ1) is 21.2. The van der Waals surface area contributed by atoms with Crippen molar-refractivity contribution in [1.82, 2.24) is 5.01 Å². The van der Waals surface area contributed by atoms with Gasteiger partial charge in [0, 0.05) is 18.1 Å². The normalized spacial score (nSPS) is 16.0. The molecular formula is C27H28N3O3+. The number of hydrazone groups is 1. The molecule has 0 bridgehead atoms. The molecule has 0 aromatic heterocycles. The second kappa shape index (κ2) is 9.08. The molecule has 2 aliphatic rings. The third-order valence-electron chi connectivity index (χ3n) is 6.44. The van der Waals surface area contributed by atoms with Crippen LogP contribution in [0, 0.1) is 0 Å². The summed E-state index contributed by atoms with van der Waals surface area (Å²) >= 11 is 0. The number of fused-ring (bicyclic) bond motifs is 3. The first-order chi connectivity index (χ1) is 16.1. The molecule has 3 aromatic rings. The Kier molecular flexibility index (Phi) is 5.84. The lowest BCUT2D eigenvalue weighted by atomic mass is 10.0. The Morgan fingerprint density at radius 3 is 2.21 bits per heavy atom. The second-order valence-corrected chi connectivity index (χ2v) is 8.47. The fourth-order valence-electron chi connectivity index (χ4n) is 4.93. The molecule has 3 aromatic carbocycles. The van der Waals surface area contributed by atoms with Gasteiger partial charge in [-0.1, -0.05) is 48.5 Å². The maximum atomic E-state index is 11.2. The average molecular weight is 443 g/mol. The molecule has 1 aliphatic carbocycles. The maximum absolute atomic E-state index is 11.2. The molecular weight excluding hydrogens is 414 g/mol. The fourth-order valence-corrected chi connectivity index (χ4v) is 4.93. The number of carbonyl (C=O) groups excluding carboxylic acids is 1. The summed E-state index contributed by atoms with van der Waals surface area (Å²) in [5.41, 5.74) is 6.52. The Bertz CT molecular complexity index is 1150. The summed E-state index contributed by atoms with van der Waals surface area (Å²) < 4.78 is 10.5. The van der Waals surface area contributed by atoms with Gasteiger partial charge in [0.05, 0.1) is 39.5 Å². The molecule has 0 atom stereocenters. The van der Waals surface area contributed by atoms with E-state index in [-0.39, 0.29) is 5.97 Å². The highest BCUT2D eigenvalue weighted by Gasteiger charge is 2.37. The quantitative estimate of drug-likeness (QED) is 0.375. The number of hydrogen-bond acceptors (Lipinski definition) is 5. The van der Waals surface area contributed by atoms with E-state index in [4.69, 9.17) is 14.6 Å². The van der Waals surface area contributed by atoms with Gasteiger partial charge < -0.3 is 14.4 Å². The van der Waals surface area contributed by atoms with E-state index in [9.17, 15) is 4.79 Å². The number of nitrogens with one attached hydrogen (secondary N) is 1. The highest BCUT2D eigenvalue weighted by atomic mass is 16.6. The van der Waals surface area contributed by atoms with Crippen LogP contribution < -0.4 is 14.4 Å². The van der Waals surface area contributed by atoms with Gasteiger partial charge in [-0.2, -0.15) is 5.10 Å². The predicted octanol–water partition coefficient (Wildman–Crippen LogP) is 2.92. The van der Waals surface area contributed by atoms with E-state index in [1.54, 1.807) is 18.1 Å². The van der Waals surface area contributed by atoms with Gasteiger partial charge in [-0.25, -0.2) is 0 Å². The molecule has 1 aliphatic heterocycles. The van der Waals surface area contributed by atoms with Gasteiger partial charge in [-0.15, -0.1) is 0 Å². The molecule has 0 saturated carbocycles. The van der Waals surface area contributed by atoms with Gasteiger partial charge in [0.1, 0.15) is 6.04 Å². The zero-order chi connectivity index (χ0) is 22.8. The number of nitrogens with zero attached hydrogens (tertiary/aromatic N) is 2. The van der Waals surface area contributed by atoms with Crippen molar-refractivity contribution in [2.75, 3.05) is 33.3 Å². The molecule has 0 spiro atoms. The zero-order valence-corrected chi connectivity index (χ0v) is 19.0. The van der Waals surface area contributed by atoms with E-state index in [0.717, 1.165) is 31.7 Å². The Balaban J connectivity index is 1.27. The second-order valence-electron chi connectivity index (χ2n) is 8.47. The molecule has 0 radical (unpaired) electrons. The van der Waals surface area contributed by atoms with Crippen LogP contribution >= 0.6 is 0 Å². The van der Waals surface area contributed by atoms with E-state index >= 15 is 0 Å². The van der Waals surface area contributed by atoms with Crippen LogP contribution in [0.4, 0.5) is 0 Å². The summed E-state index contributed by atoms with van der Waals surface area (Å²) in [5, 5.41) is 6.83. The topological polar surface area (TPSA) is 55.6 Å². The predicted molar refractivity (Wildman–Crippen MR) is 128 cm³/mol. The smallest absolute Gasteiger partial charge is 0.308 e. The minimum absolute atomic E-state index is 0.373. The summed E-state index contributed by atoms with van der Waals surface area (Å²) in [5.74, 6) is 0.557. The van der Waals surface area contributed by atoms with E-state index < -0.39 is 0 Å². The van der Waals surface area contributed by atoms with Crippen LogP contribution in [0.15, 0.2) is 71.8 Å². The van der Waals surface area contributed by atoms with Gasteiger partial charge in [0.25, 0.3) is 0 Å². The Morgan fingerprint density at radius 1 is 0.970 bits per heavy atom. The van der Waals surface area contributed by atoms with Crippen molar-refractivity contribution in [3.63, 3.8) is 0 Å². The standard InChI is InChI=1S/C27H27N3O3/c1-19(31)33-25-12-11-20(17-26(25)32-2)18-28-30-15-13-29(14-16-30)27-23-9-5-3-7-21(23)22-8-4-6-10-24(22)27/h3-12,17-18,27H,13-16H2,1-2H3/p+1/b28-18-. The molecule has 1 fully saturated rings. The van der Waals surface area contributed by atoms with Crippen molar-refractivity contribution < 1.29 is 19.2 Å². The molecule has 1 N–H and O–H groups in total.